The van der Waals surface area contributed by atoms with Crippen molar-refractivity contribution in [2.75, 3.05) is 13.2 Å². The number of benzene rings is 1. The second kappa shape index (κ2) is 7.04. The van der Waals surface area contributed by atoms with Gasteiger partial charge in [-0.25, -0.2) is 4.79 Å². The molecule has 0 saturated carbocycles. The Kier molecular flexibility index (Phi) is 5.42. The zero-order valence-electron chi connectivity index (χ0n) is 10.2. The van der Waals surface area contributed by atoms with Crippen LogP contribution < -0.4 is 10.1 Å². The molecule has 0 aromatic heterocycles. The number of nitro groups is 1. The number of non-ortho nitro benzene ring substituents is 1. The van der Waals surface area contributed by atoms with Crippen LogP contribution in [-0.2, 0) is 9.59 Å². The summed E-state index contributed by atoms with van der Waals surface area (Å²) in [7, 11) is 0. The van der Waals surface area contributed by atoms with Crippen molar-refractivity contribution in [1.29, 1.82) is 0 Å². The minimum absolute atomic E-state index is 0.102. The highest BCUT2D eigenvalue weighted by molar-refractivity contribution is 5.84. The third-order valence-corrected chi connectivity index (χ3v) is 2.21. The highest BCUT2D eigenvalue weighted by Gasteiger charge is 2.18. The van der Waals surface area contributed by atoms with Crippen molar-refractivity contribution in [3.8, 4) is 5.75 Å². The van der Waals surface area contributed by atoms with Crippen molar-refractivity contribution in [3.63, 3.8) is 0 Å². The molecule has 1 amide bonds. The van der Waals surface area contributed by atoms with Gasteiger partial charge in [-0.2, -0.15) is 0 Å². The summed E-state index contributed by atoms with van der Waals surface area (Å²) in [6, 6.07) is 3.78. The van der Waals surface area contributed by atoms with Gasteiger partial charge in [0.25, 0.3) is 11.6 Å². The number of carbonyl (C=O) groups excluding carboxylic acids is 1. The molecule has 9 heteroatoms. The summed E-state index contributed by atoms with van der Waals surface area (Å²) in [5.74, 6) is -2.04. The Labute approximate surface area is 112 Å². The summed E-state index contributed by atoms with van der Waals surface area (Å²) in [6.45, 7) is -1.27. The van der Waals surface area contributed by atoms with Crippen molar-refractivity contribution in [3.05, 3.63) is 34.4 Å². The number of hydrogen-bond acceptors (Lipinski definition) is 6. The van der Waals surface area contributed by atoms with Crippen LogP contribution in [-0.4, -0.2) is 46.3 Å². The first kappa shape index (κ1) is 15.4. The number of nitrogens with one attached hydrogen (secondary N) is 1. The molecule has 1 aromatic rings. The second-order valence-corrected chi connectivity index (χ2v) is 3.68. The molecule has 0 saturated heterocycles. The van der Waals surface area contributed by atoms with Crippen LogP contribution in [0.25, 0.3) is 0 Å². The number of amides is 1. The number of aliphatic hydroxyl groups excluding tert-OH is 1. The van der Waals surface area contributed by atoms with Gasteiger partial charge in [-0.15, -0.1) is 0 Å². The molecule has 0 bridgehead atoms. The lowest BCUT2D eigenvalue weighted by molar-refractivity contribution is -0.384. The fourth-order valence-corrected chi connectivity index (χ4v) is 1.26. The number of rotatable bonds is 7. The fourth-order valence-electron chi connectivity index (χ4n) is 1.26. The fraction of sp³-hybridized carbons (Fsp3) is 0.273. The molecular formula is C11H12N2O7. The van der Waals surface area contributed by atoms with Crippen LogP contribution in [0.3, 0.4) is 0 Å². The summed E-state index contributed by atoms with van der Waals surface area (Å²) in [5.41, 5.74) is -0.193. The monoisotopic (exact) mass is 284 g/mol. The number of hydrogen-bond donors (Lipinski definition) is 3. The Morgan fingerprint density at radius 3 is 2.70 bits per heavy atom. The standard InChI is InChI=1S/C11H12N2O7/c14-5-9(11(16)17)12-10(15)6-20-8-3-1-2-7(4-8)13(18)19/h1-4,9,14H,5-6H2,(H,12,15)(H,16,17)/t9-/m1/s1. The van der Waals surface area contributed by atoms with Crippen molar-refractivity contribution in [2.24, 2.45) is 0 Å². The Morgan fingerprint density at radius 1 is 1.45 bits per heavy atom. The van der Waals surface area contributed by atoms with Crippen molar-refractivity contribution in [2.45, 2.75) is 6.04 Å². The average Bonchev–Trinajstić information content (AvgIpc) is 2.42. The number of carboxylic acid groups (broad SMARTS) is 1. The van der Waals surface area contributed by atoms with Gasteiger partial charge in [-0.05, 0) is 6.07 Å². The third-order valence-electron chi connectivity index (χ3n) is 2.21. The van der Waals surface area contributed by atoms with E-state index >= 15 is 0 Å². The van der Waals surface area contributed by atoms with Crippen LogP contribution in [0.2, 0.25) is 0 Å². The van der Waals surface area contributed by atoms with Crippen LogP contribution in [0.5, 0.6) is 5.75 Å². The lowest BCUT2D eigenvalue weighted by Crippen LogP contribution is -2.45. The van der Waals surface area contributed by atoms with E-state index in [9.17, 15) is 19.7 Å². The normalized spacial score (nSPS) is 11.4. The molecule has 20 heavy (non-hydrogen) atoms. The summed E-state index contributed by atoms with van der Waals surface area (Å²) in [6.07, 6.45) is 0. The van der Waals surface area contributed by atoms with E-state index in [0.717, 1.165) is 6.07 Å². The van der Waals surface area contributed by atoms with Gasteiger partial charge in [0.15, 0.2) is 6.61 Å². The Morgan fingerprint density at radius 2 is 2.15 bits per heavy atom. The van der Waals surface area contributed by atoms with Gasteiger partial charge in [-0.1, -0.05) is 6.07 Å². The van der Waals surface area contributed by atoms with E-state index in [1.807, 2.05) is 5.32 Å². The zero-order valence-corrected chi connectivity index (χ0v) is 10.2. The quantitative estimate of drug-likeness (QED) is 0.454. The molecule has 0 unspecified atom stereocenters. The van der Waals surface area contributed by atoms with Crippen LogP contribution in [0.1, 0.15) is 0 Å². The predicted octanol–water partition coefficient (Wildman–Crippen LogP) is -0.465. The summed E-state index contributed by atoms with van der Waals surface area (Å²) < 4.78 is 4.99. The van der Waals surface area contributed by atoms with Crippen molar-refractivity contribution in [1.82, 2.24) is 5.32 Å². The maximum Gasteiger partial charge on any atom is 0.328 e. The maximum absolute atomic E-state index is 11.4. The Hall–Kier alpha value is -2.68. The van der Waals surface area contributed by atoms with Crippen LogP contribution >= 0.6 is 0 Å². The number of aliphatic hydroxyl groups is 1. The Bertz CT molecular complexity index is 517. The first-order valence-electron chi connectivity index (χ1n) is 5.44. The molecule has 3 N–H and O–H groups in total. The third kappa shape index (κ3) is 4.53. The molecule has 0 spiro atoms. The summed E-state index contributed by atoms with van der Waals surface area (Å²) in [4.78, 5) is 31.9. The molecule has 9 nitrogen and oxygen atoms in total. The van der Waals surface area contributed by atoms with E-state index in [1.165, 1.54) is 18.2 Å². The zero-order chi connectivity index (χ0) is 15.1. The number of ether oxygens (including phenoxy) is 1. The number of nitrogens with zero attached hydrogens (tertiary/aromatic N) is 1. The lowest BCUT2D eigenvalue weighted by Gasteiger charge is -2.12. The molecular weight excluding hydrogens is 272 g/mol. The first-order valence-corrected chi connectivity index (χ1v) is 5.44. The summed E-state index contributed by atoms with van der Waals surface area (Å²) in [5, 5.41) is 29.9. The van der Waals surface area contributed by atoms with E-state index in [0.29, 0.717) is 0 Å². The van der Waals surface area contributed by atoms with E-state index in [4.69, 9.17) is 14.9 Å². The van der Waals surface area contributed by atoms with Gasteiger partial charge in [0.05, 0.1) is 17.6 Å². The molecule has 1 rings (SSSR count). The predicted molar refractivity (Wildman–Crippen MR) is 65.2 cm³/mol. The van der Waals surface area contributed by atoms with E-state index in [2.05, 4.69) is 0 Å². The van der Waals surface area contributed by atoms with Crippen LogP contribution in [0, 0.1) is 10.1 Å². The largest absolute Gasteiger partial charge is 0.484 e. The molecule has 0 radical (unpaired) electrons. The molecule has 0 aliphatic heterocycles. The van der Waals surface area contributed by atoms with E-state index < -0.39 is 36.1 Å². The smallest absolute Gasteiger partial charge is 0.328 e. The minimum atomic E-state index is -1.42. The number of carbonyl (C=O) groups is 2. The average molecular weight is 284 g/mol. The molecule has 1 atom stereocenters. The molecule has 0 aliphatic rings. The minimum Gasteiger partial charge on any atom is -0.484 e. The topological polar surface area (TPSA) is 139 Å². The second-order valence-electron chi connectivity index (χ2n) is 3.68. The molecule has 108 valence electrons. The Balaban J connectivity index is 2.54. The number of aliphatic carboxylic acids is 1. The lowest BCUT2D eigenvalue weighted by atomic mass is 10.3. The first-order chi connectivity index (χ1) is 9.43. The molecule has 0 aliphatic carbocycles. The molecule has 1 aromatic carbocycles. The summed E-state index contributed by atoms with van der Waals surface area (Å²) >= 11 is 0. The van der Waals surface area contributed by atoms with Crippen LogP contribution in [0.4, 0.5) is 5.69 Å². The van der Waals surface area contributed by atoms with E-state index in [-0.39, 0.29) is 11.4 Å². The van der Waals surface area contributed by atoms with Gasteiger partial charge in [0.1, 0.15) is 11.8 Å². The number of carboxylic acids is 1. The molecule has 0 heterocycles. The highest BCUT2D eigenvalue weighted by Crippen LogP contribution is 2.18. The van der Waals surface area contributed by atoms with Crippen molar-refractivity contribution >= 4 is 17.6 Å². The van der Waals surface area contributed by atoms with Gasteiger partial charge in [-0.3, -0.25) is 14.9 Å². The SMILES string of the molecule is O=C(COc1cccc([N+](=O)[O-])c1)N[C@H](CO)C(=O)O. The van der Waals surface area contributed by atoms with Gasteiger partial charge < -0.3 is 20.3 Å². The van der Waals surface area contributed by atoms with Gasteiger partial charge in [0, 0.05) is 6.07 Å². The number of nitro benzene ring substituents is 1. The van der Waals surface area contributed by atoms with Gasteiger partial charge in [0.2, 0.25) is 0 Å². The van der Waals surface area contributed by atoms with Gasteiger partial charge >= 0.3 is 5.97 Å². The maximum atomic E-state index is 11.4. The molecule has 0 fully saturated rings. The highest BCUT2D eigenvalue weighted by atomic mass is 16.6. The van der Waals surface area contributed by atoms with E-state index in [1.54, 1.807) is 0 Å². The van der Waals surface area contributed by atoms with Crippen LogP contribution in [0.15, 0.2) is 24.3 Å². The van der Waals surface area contributed by atoms with Crippen molar-refractivity contribution < 1.29 is 29.5 Å².